The first-order valence-corrected chi connectivity index (χ1v) is 8.25. The van der Waals surface area contributed by atoms with Gasteiger partial charge < -0.3 is 5.73 Å². The first-order valence-electron chi connectivity index (χ1n) is 6.70. The van der Waals surface area contributed by atoms with Crippen molar-refractivity contribution in [1.29, 1.82) is 0 Å². The van der Waals surface area contributed by atoms with Crippen molar-refractivity contribution in [3.05, 3.63) is 30.1 Å². The van der Waals surface area contributed by atoms with Crippen LogP contribution in [0.2, 0.25) is 0 Å². The van der Waals surface area contributed by atoms with Crippen LogP contribution in [0.4, 0.5) is 4.39 Å². The van der Waals surface area contributed by atoms with E-state index in [9.17, 15) is 12.8 Å². The van der Waals surface area contributed by atoms with Gasteiger partial charge in [-0.15, -0.1) is 0 Å². The van der Waals surface area contributed by atoms with E-state index in [1.165, 1.54) is 18.2 Å². The maximum atomic E-state index is 13.7. The normalized spacial score (nSPS) is 28.3. The van der Waals surface area contributed by atoms with Gasteiger partial charge in [0.05, 0.1) is 5.25 Å². The number of sulfone groups is 1. The first-order chi connectivity index (χ1) is 8.96. The Bertz CT molecular complexity index is 544. The molecule has 0 heterocycles. The van der Waals surface area contributed by atoms with Crippen LogP contribution < -0.4 is 5.73 Å². The molecule has 0 bridgehead atoms. The summed E-state index contributed by atoms with van der Waals surface area (Å²) in [6.45, 7) is 2.05. The Kier molecular flexibility index (Phi) is 4.26. The summed E-state index contributed by atoms with van der Waals surface area (Å²) in [5, 5.41) is -0.664. The largest absolute Gasteiger partial charge is 0.327 e. The number of halogens is 1. The number of benzene rings is 1. The van der Waals surface area contributed by atoms with Gasteiger partial charge in [0.1, 0.15) is 10.7 Å². The fourth-order valence-electron chi connectivity index (χ4n) is 2.80. The molecule has 106 valence electrons. The van der Waals surface area contributed by atoms with E-state index >= 15 is 0 Å². The number of nitrogens with two attached hydrogens (primary N) is 1. The highest BCUT2D eigenvalue weighted by Crippen LogP contribution is 2.33. The van der Waals surface area contributed by atoms with E-state index in [0.717, 1.165) is 12.8 Å². The van der Waals surface area contributed by atoms with Gasteiger partial charge in [-0.25, -0.2) is 12.8 Å². The second kappa shape index (κ2) is 5.59. The van der Waals surface area contributed by atoms with Crippen LogP contribution in [0.25, 0.3) is 0 Å². The Labute approximate surface area is 113 Å². The summed E-state index contributed by atoms with van der Waals surface area (Å²) in [5.41, 5.74) is 5.97. The molecule has 1 saturated carbocycles. The zero-order chi connectivity index (χ0) is 14.0. The van der Waals surface area contributed by atoms with Gasteiger partial charge in [0.25, 0.3) is 0 Å². The average molecular weight is 285 g/mol. The predicted octanol–water partition coefficient (Wildman–Crippen LogP) is 2.51. The molecule has 19 heavy (non-hydrogen) atoms. The molecule has 1 aromatic rings. The first kappa shape index (κ1) is 14.5. The summed E-state index contributed by atoms with van der Waals surface area (Å²) in [5.74, 6) is -0.320. The minimum absolute atomic E-state index is 0.216. The zero-order valence-electron chi connectivity index (χ0n) is 11.0. The number of hydrogen-bond donors (Lipinski definition) is 1. The Morgan fingerprint density at radius 2 is 2.00 bits per heavy atom. The lowest BCUT2D eigenvalue weighted by Gasteiger charge is -2.33. The third kappa shape index (κ3) is 2.82. The van der Waals surface area contributed by atoms with Crippen molar-refractivity contribution in [3.63, 3.8) is 0 Å². The monoisotopic (exact) mass is 285 g/mol. The molecule has 0 radical (unpaired) electrons. The number of hydrogen-bond acceptors (Lipinski definition) is 3. The summed E-state index contributed by atoms with van der Waals surface area (Å²) in [6, 6.07) is 5.14. The van der Waals surface area contributed by atoms with E-state index in [-0.39, 0.29) is 4.90 Å². The van der Waals surface area contributed by atoms with Crippen LogP contribution >= 0.6 is 0 Å². The second-order valence-corrected chi connectivity index (χ2v) is 7.40. The van der Waals surface area contributed by atoms with E-state index in [2.05, 4.69) is 0 Å². The SMILES string of the molecule is CCC1CCC(N)C(S(=O)(=O)c2ccccc2F)C1. The van der Waals surface area contributed by atoms with Crippen molar-refractivity contribution >= 4 is 9.84 Å². The lowest BCUT2D eigenvalue weighted by Crippen LogP contribution is -2.45. The summed E-state index contributed by atoms with van der Waals surface area (Å²) < 4.78 is 38.8. The molecule has 3 nitrogen and oxygen atoms in total. The Hall–Kier alpha value is -0.940. The van der Waals surface area contributed by atoms with Crippen LogP contribution in [-0.4, -0.2) is 19.7 Å². The lowest BCUT2D eigenvalue weighted by atomic mass is 9.84. The van der Waals surface area contributed by atoms with Crippen LogP contribution in [-0.2, 0) is 9.84 Å². The lowest BCUT2D eigenvalue weighted by molar-refractivity contribution is 0.318. The van der Waals surface area contributed by atoms with Crippen LogP contribution in [0.3, 0.4) is 0 Å². The average Bonchev–Trinajstić information content (AvgIpc) is 2.39. The van der Waals surface area contributed by atoms with Gasteiger partial charge in [0.2, 0.25) is 0 Å². The topological polar surface area (TPSA) is 60.2 Å². The molecule has 2 N–H and O–H groups in total. The van der Waals surface area contributed by atoms with Crippen molar-refractivity contribution in [2.75, 3.05) is 0 Å². The van der Waals surface area contributed by atoms with Crippen molar-refractivity contribution < 1.29 is 12.8 Å². The Morgan fingerprint density at radius 1 is 1.32 bits per heavy atom. The van der Waals surface area contributed by atoms with Gasteiger partial charge in [-0.1, -0.05) is 25.5 Å². The van der Waals surface area contributed by atoms with Crippen molar-refractivity contribution in [1.82, 2.24) is 0 Å². The highest BCUT2D eigenvalue weighted by Gasteiger charge is 2.38. The van der Waals surface area contributed by atoms with Crippen molar-refractivity contribution in [2.24, 2.45) is 11.7 Å². The third-order valence-corrected chi connectivity index (χ3v) is 6.35. The fourth-order valence-corrected chi connectivity index (χ4v) is 4.86. The molecule has 3 unspecified atom stereocenters. The molecule has 1 aromatic carbocycles. The molecule has 3 atom stereocenters. The molecule has 0 aromatic heterocycles. The molecule has 0 aliphatic heterocycles. The van der Waals surface area contributed by atoms with E-state index in [0.29, 0.717) is 18.8 Å². The van der Waals surface area contributed by atoms with E-state index in [4.69, 9.17) is 5.73 Å². The van der Waals surface area contributed by atoms with Gasteiger partial charge in [0, 0.05) is 6.04 Å². The molecular formula is C14H20FNO2S. The Balaban J connectivity index is 2.36. The molecule has 5 heteroatoms. The van der Waals surface area contributed by atoms with Gasteiger partial charge in [0.15, 0.2) is 9.84 Å². The van der Waals surface area contributed by atoms with Crippen LogP contribution in [0.15, 0.2) is 29.2 Å². The highest BCUT2D eigenvalue weighted by molar-refractivity contribution is 7.92. The predicted molar refractivity (Wildman–Crippen MR) is 73.0 cm³/mol. The maximum Gasteiger partial charge on any atom is 0.185 e. The molecule has 0 spiro atoms. The van der Waals surface area contributed by atoms with Crippen LogP contribution in [0, 0.1) is 11.7 Å². The molecule has 1 fully saturated rings. The van der Waals surface area contributed by atoms with Gasteiger partial charge in [-0.2, -0.15) is 0 Å². The molecule has 0 saturated heterocycles. The number of rotatable bonds is 3. The molecule has 2 rings (SSSR count). The fraction of sp³-hybridized carbons (Fsp3) is 0.571. The van der Waals surface area contributed by atoms with Crippen LogP contribution in [0.1, 0.15) is 32.6 Å². The summed E-state index contributed by atoms with van der Waals surface area (Å²) >= 11 is 0. The quantitative estimate of drug-likeness (QED) is 0.928. The standard InChI is InChI=1S/C14H20FNO2S/c1-2-10-7-8-12(16)14(9-10)19(17,18)13-6-4-3-5-11(13)15/h3-6,10,12,14H,2,7-9,16H2,1H3. The minimum atomic E-state index is -3.68. The molecule has 0 amide bonds. The Morgan fingerprint density at radius 3 is 2.63 bits per heavy atom. The molecular weight excluding hydrogens is 265 g/mol. The van der Waals surface area contributed by atoms with Crippen LogP contribution in [0.5, 0.6) is 0 Å². The smallest absolute Gasteiger partial charge is 0.185 e. The van der Waals surface area contributed by atoms with E-state index in [1.54, 1.807) is 6.07 Å². The van der Waals surface area contributed by atoms with Gasteiger partial charge in [-0.05, 0) is 37.3 Å². The van der Waals surface area contributed by atoms with E-state index in [1.807, 2.05) is 6.92 Å². The maximum absolute atomic E-state index is 13.7. The molecule has 1 aliphatic rings. The highest BCUT2D eigenvalue weighted by atomic mass is 32.2. The third-order valence-electron chi connectivity index (χ3n) is 4.07. The summed E-state index contributed by atoms with van der Waals surface area (Å²) in [7, 11) is -3.68. The van der Waals surface area contributed by atoms with Crippen molar-refractivity contribution in [2.45, 2.75) is 48.8 Å². The van der Waals surface area contributed by atoms with Gasteiger partial charge in [-0.3, -0.25) is 0 Å². The van der Waals surface area contributed by atoms with Gasteiger partial charge >= 0.3 is 0 Å². The molecule has 1 aliphatic carbocycles. The second-order valence-electron chi connectivity index (χ2n) is 5.27. The minimum Gasteiger partial charge on any atom is -0.327 e. The van der Waals surface area contributed by atoms with Crippen molar-refractivity contribution in [3.8, 4) is 0 Å². The van der Waals surface area contributed by atoms with E-state index < -0.39 is 26.9 Å². The zero-order valence-corrected chi connectivity index (χ0v) is 11.9. The summed E-state index contributed by atoms with van der Waals surface area (Å²) in [6.07, 6.45) is 3.13. The summed E-state index contributed by atoms with van der Waals surface area (Å²) in [4.78, 5) is -0.216.